The summed E-state index contributed by atoms with van der Waals surface area (Å²) in [5, 5.41) is 0.579. The number of nitrogens with zero attached hydrogens (tertiary/aromatic N) is 5. The molecule has 0 bridgehead atoms. The van der Waals surface area contributed by atoms with Crippen molar-refractivity contribution in [1.29, 1.82) is 0 Å². The van der Waals surface area contributed by atoms with Crippen molar-refractivity contribution in [3.05, 3.63) is 64.2 Å². The van der Waals surface area contributed by atoms with Crippen LogP contribution >= 0.6 is 11.6 Å². The zero-order valence-corrected chi connectivity index (χ0v) is 18.5. The number of hydrogen-bond donors (Lipinski definition) is 0. The number of hydrogen-bond acceptors (Lipinski definition) is 5. The van der Waals surface area contributed by atoms with Crippen molar-refractivity contribution >= 4 is 35.2 Å². The summed E-state index contributed by atoms with van der Waals surface area (Å²) in [6.45, 7) is 5.78. The molecule has 3 aliphatic rings. The van der Waals surface area contributed by atoms with Gasteiger partial charge in [0.15, 0.2) is 12.2 Å². The third-order valence-electron chi connectivity index (χ3n) is 6.26. The van der Waals surface area contributed by atoms with Crippen molar-refractivity contribution in [2.24, 2.45) is 4.99 Å². The molecule has 0 aromatic heterocycles. The molecule has 3 aliphatic heterocycles. The van der Waals surface area contributed by atoms with E-state index in [0.29, 0.717) is 11.6 Å². The van der Waals surface area contributed by atoms with Gasteiger partial charge in [-0.05, 0) is 48.7 Å². The predicted octanol–water partition coefficient (Wildman–Crippen LogP) is 3.24. The van der Waals surface area contributed by atoms with E-state index in [1.807, 2.05) is 17.0 Å². The Bertz CT molecular complexity index is 1120. The number of carbonyl (C=O) groups is 2. The predicted molar refractivity (Wildman–Crippen MR) is 120 cm³/mol. The van der Waals surface area contributed by atoms with Crippen LogP contribution in [0.25, 0.3) is 0 Å². The van der Waals surface area contributed by atoms with Gasteiger partial charge < -0.3 is 14.7 Å². The van der Waals surface area contributed by atoms with Crippen LogP contribution in [0, 0.1) is 13.8 Å². The summed E-state index contributed by atoms with van der Waals surface area (Å²) in [6.07, 6.45) is -0.515. The molecular weight excluding hydrogens is 414 g/mol. The number of guanidine groups is 1. The van der Waals surface area contributed by atoms with Crippen LogP contribution in [0.4, 0.5) is 10.5 Å². The topological polar surface area (TPSA) is 59.5 Å². The molecule has 0 spiro atoms. The number of aliphatic imine (C=N–C) groups is 1. The molecule has 3 amide bonds. The zero-order chi connectivity index (χ0) is 21.9. The molecule has 2 fully saturated rings. The van der Waals surface area contributed by atoms with Gasteiger partial charge in [0, 0.05) is 30.8 Å². The first kappa shape index (κ1) is 19.9. The fourth-order valence-electron chi connectivity index (χ4n) is 4.64. The van der Waals surface area contributed by atoms with Gasteiger partial charge in [0.25, 0.3) is 5.91 Å². The Kier molecular flexibility index (Phi) is 4.66. The van der Waals surface area contributed by atoms with Gasteiger partial charge in [0.2, 0.25) is 5.96 Å². The van der Waals surface area contributed by atoms with Crippen molar-refractivity contribution in [3.8, 4) is 0 Å². The maximum atomic E-state index is 13.5. The minimum absolute atomic E-state index is 0.190. The molecule has 0 aliphatic carbocycles. The third kappa shape index (κ3) is 3.15. The first-order valence-electron chi connectivity index (χ1n) is 10.4. The molecule has 7 nitrogen and oxygen atoms in total. The summed E-state index contributed by atoms with van der Waals surface area (Å²) >= 11 is 6.09. The summed E-state index contributed by atoms with van der Waals surface area (Å²) in [5.74, 6) is 0.552. The first-order chi connectivity index (χ1) is 14.8. The number of halogens is 1. The van der Waals surface area contributed by atoms with Crippen molar-refractivity contribution < 1.29 is 9.59 Å². The van der Waals surface area contributed by atoms with Crippen LogP contribution in [0.2, 0.25) is 5.02 Å². The number of fused-ring (bicyclic) bond motifs is 3. The summed E-state index contributed by atoms with van der Waals surface area (Å²) in [6, 6.07) is 12.7. The molecule has 2 saturated heterocycles. The van der Waals surface area contributed by atoms with Gasteiger partial charge in [-0.15, -0.1) is 0 Å². The standard InChI is InChI=1S/C23H24ClN5O2/c1-14-7-8-15(2)18(11-14)27-9-10-28-19-20(25-22(27)28)26(3)23(31)29(21(19)30)13-16-5-4-6-17(24)12-16/h4-8,11-12,19-20H,9-10,13H2,1-3H3. The van der Waals surface area contributed by atoms with Crippen molar-refractivity contribution in [1.82, 2.24) is 14.7 Å². The summed E-state index contributed by atoms with van der Waals surface area (Å²) in [4.78, 5) is 38.4. The third-order valence-corrected chi connectivity index (χ3v) is 6.50. The van der Waals surface area contributed by atoms with Crippen LogP contribution < -0.4 is 4.90 Å². The Morgan fingerprint density at radius 3 is 2.68 bits per heavy atom. The van der Waals surface area contributed by atoms with E-state index >= 15 is 0 Å². The monoisotopic (exact) mass is 437 g/mol. The molecule has 5 rings (SSSR count). The van der Waals surface area contributed by atoms with Gasteiger partial charge in [-0.3, -0.25) is 9.69 Å². The first-order valence-corrected chi connectivity index (χ1v) is 10.7. The highest BCUT2D eigenvalue weighted by Crippen LogP contribution is 2.35. The van der Waals surface area contributed by atoms with Crippen molar-refractivity contribution in [2.45, 2.75) is 32.6 Å². The van der Waals surface area contributed by atoms with E-state index in [4.69, 9.17) is 16.6 Å². The number of benzene rings is 2. The van der Waals surface area contributed by atoms with Crippen molar-refractivity contribution in [2.75, 3.05) is 25.0 Å². The largest absolute Gasteiger partial charge is 0.328 e. The Hall–Kier alpha value is -3.06. The van der Waals surface area contributed by atoms with E-state index in [1.54, 1.807) is 24.1 Å². The molecular formula is C23H24ClN5O2. The summed E-state index contributed by atoms with van der Waals surface area (Å²) in [7, 11) is 1.71. The Morgan fingerprint density at radius 2 is 1.90 bits per heavy atom. The van der Waals surface area contributed by atoms with Crippen LogP contribution in [0.3, 0.4) is 0 Å². The fraction of sp³-hybridized carbons (Fsp3) is 0.348. The number of anilines is 1. The molecule has 2 aromatic carbocycles. The normalized spacial score (nSPS) is 22.8. The quantitative estimate of drug-likeness (QED) is 0.739. The molecule has 8 heteroatoms. The zero-order valence-electron chi connectivity index (χ0n) is 17.7. The van der Waals surface area contributed by atoms with E-state index in [9.17, 15) is 9.59 Å². The van der Waals surface area contributed by atoms with Gasteiger partial charge in [-0.2, -0.15) is 0 Å². The van der Waals surface area contributed by atoms with E-state index in [2.05, 4.69) is 36.9 Å². The Balaban J connectivity index is 1.46. The highest BCUT2D eigenvalue weighted by Gasteiger charge is 2.54. The average Bonchev–Trinajstić information content (AvgIpc) is 3.31. The number of aryl methyl sites for hydroxylation is 2. The second-order valence-electron chi connectivity index (χ2n) is 8.37. The second kappa shape index (κ2) is 7.27. The summed E-state index contributed by atoms with van der Waals surface area (Å²) < 4.78 is 0. The Morgan fingerprint density at radius 1 is 1.10 bits per heavy atom. The Labute approximate surface area is 186 Å². The number of carbonyl (C=O) groups excluding carboxylic acids is 2. The molecule has 2 aromatic rings. The number of rotatable bonds is 3. The van der Waals surface area contributed by atoms with Crippen LogP contribution in [0.1, 0.15) is 16.7 Å². The maximum absolute atomic E-state index is 13.5. The molecule has 0 N–H and O–H groups in total. The van der Waals surface area contributed by atoms with E-state index in [-0.39, 0.29) is 18.5 Å². The molecule has 2 atom stereocenters. The lowest BCUT2D eigenvalue weighted by molar-refractivity contribution is -0.137. The molecule has 3 heterocycles. The SMILES string of the molecule is Cc1ccc(C)c(N2CCN3C2=NC2C3C(=O)N(Cc3cccc(Cl)c3)C(=O)N2C)c1. The minimum atomic E-state index is -0.515. The van der Waals surface area contributed by atoms with Gasteiger partial charge in [-0.1, -0.05) is 35.9 Å². The molecule has 2 unspecified atom stereocenters. The van der Waals surface area contributed by atoms with Gasteiger partial charge >= 0.3 is 6.03 Å². The van der Waals surface area contributed by atoms with E-state index in [1.165, 1.54) is 10.5 Å². The highest BCUT2D eigenvalue weighted by atomic mass is 35.5. The molecule has 160 valence electrons. The lowest BCUT2D eigenvalue weighted by Gasteiger charge is -2.40. The van der Waals surface area contributed by atoms with Gasteiger partial charge in [0.1, 0.15) is 0 Å². The van der Waals surface area contributed by atoms with E-state index < -0.39 is 12.2 Å². The van der Waals surface area contributed by atoms with Crippen molar-refractivity contribution in [3.63, 3.8) is 0 Å². The maximum Gasteiger partial charge on any atom is 0.328 e. The number of urea groups is 1. The van der Waals surface area contributed by atoms with Crippen LogP contribution in [0.15, 0.2) is 47.5 Å². The number of amides is 3. The van der Waals surface area contributed by atoms with E-state index in [0.717, 1.165) is 29.3 Å². The molecule has 0 radical (unpaired) electrons. The minimum Gasteiger partial charge on any atom is -0.325 e. The van der Waals surface area contributed by atoms with Crippen LogP contribution in [-0.2, 0) is 11.3 Å². The van der Waals surface area contributed by atoms with Gasteiger partial charge in [0.05, 0.1) is 6.54 Å². The second-order valence-corrected chi connectivity index (χ2v) is 8.81. The molecule has 0 saturated carbocycles. The lowest BCUT2D eigenvalue weighted by atomic mass is 10.1. The van der Waals surface area contributed by atoms with Crippen LogP contribution in [0.5, 0.6) is 0 Å². The summed E-state index contributed by atoms with van der Waals surface area (Å²) in [5.41, 5.74) is 4.24. The number of imide groups is 1. The smallest absolute Gasteiger partial charge is 0.325 e. The molecule has 31 heavy (non-hydrogen) atoms. The fourth-order valence-corrected chi connectivity index (χ4v) is 4.85. The highest BCUT2D eigenvalue weighted by molar-refractivity contribution is 6.30. The van der Waals surface area contributed by atoms with Crippen LogP contribution in [-0.4, -0.2) is 64.9 Å². The average molecular weight is 438 g/mol. The number of likely N-dealkylation sites (N-methyl/N-ethyl adjacent to an activating group) is 1. The lowest BCUT2D eigenvalue weighted by Crippen LogP contribution is -2.64. The van der Waals surface area contributed by atoms with Gasteiger partial charge in [-0.25, -0.2) is 9.79 Å².